The Hall–Kier alpha value is -2.24. The molecule has 0 aliphatic heterocycles. The highest BCUT2D eigenvalue weighted by Gasteiger charge is 2.02. The summed E-state index contributed by atoms with van der Waals surface area (Å²) in [6.45, 7) is 3.23. The Balaban J connectivity index is 2.13. The summed E-state index contributed by atoms with van der Waals surface area (Å²) in [5, 5.41) is 2.98. The van der Waals surface area contributed by atoms with E-state index in [1.165, 1.54) is 10.9 Å². The van der Waals surface area contributed by atoms with Crippen molar-refractivity contribution in [3.8, 4) is 0 Å². The first-order valence-electron chi connectivity index (χ1n) is 5.86. The fourth-order valence-electron chi connectivity index (χ4n) is 1.48. The van der Waals surface area contributed by atoms with Crippen LogP contribution in [0.3, 0.4) is 0 Å². The Morgan fingerprint density at radius 1 is 1.44 bits per heavy atom. The fourth-order valence-corrected chi connectivity index (χ4v) is 1.48. The third kappa shape index (κ3) is 3.13. The first-order chi connectivity index (χ1) is 8.79. The van der Waals surface area contributed by atoms with Crippen molar-refractivity contribution < 1.29 is 0 Å². The molecular formula is C12H15N5O. The van der Waals surface area contributed by atoms with Crippen LogP contribution in [-0.2, 0) is 6.54 Å². The molecule has 0 aliphatic rings. The zero-order valence-corrected chi connectivity index (χ0v) is 10.2. The summed E-state index contributed by atoms with van der Waals surface area (Å²) in [5.41, 5.74) is 0.630. The van der Waals surface area contributed by atoms with E-state index in [-0.39, 0.29) is 5.69 Å². The van der Waals surface area contributed by atoms with Crippen LogP contribution >= 0.6 is 0 Å². The SMILES string of the molecule is CCCNc1ncn(Cc2cccnc2)c(=O)n1. The number of hydrogen-bond donors (Lipinski definition) is 1. The van der Waals surface area contributed by atoms with Crippen LogP contribution in [0.1, 0.15) is 18.9 Å². The molecule has 6 nitrogen and oxygen atoms in total. The Morgan fingerprint density at radius 2 is 2.33 bits per heavy atom. The van der Waals surface area contributed by atoms with Crippen molar-refractivity contribution in [2.45, 2.75) is 19.9 Å². The van der Waals surface area contributed by atoms with E-state index in [4.69, 9.17) is 0 Å². The number of pyridine rings is 1. The third-order valence-corrected chi connectivity index (χ3v) is 2.38. The Bertz CT molecular complexity index is 552. The van der Waals surface area contributed by atoms with Gasteiger partial charge in [0.15, 0.2) is 0 Å². The summed E-state index contributed by atoms with van der Waals surface area (Å²) in [4.78, 5) is 23.7. The third-order valence-electron chi connectivity index (χ3n) is 2.38. The first-order valence-corrected chi connectivity index (χ1v) is 5.86. The minimum absolute atomic E-state index is 0.313. The summed E-state index contributed by atoms with van der Waals surface area (Å²) in [7, 11) is 0. The van der Waals surface area contributed by atoms with Gasteiger partial charge in [-0.3, -0.25) is 9.55 Å². The van der Waals surface area contributed by atoms with Crippen molar-refractivity contribution in [1.29, 1.82) is 0 Å². The second-order valence-corrected chi connectivity index (χ2v) is 3.88. The predicted octanol–water partition coefficient (Wildman–Crippen LogP) is 0.903. The van der Waals surface area contributed by atoms with E-state index in [0.29, 0.717) is 12.5 Å². The van der Waals surface area contributed by atoms with Gasteiger partial charge in [0.25, 0.3) is 0 Å². The van der Waals surface area contributed by atoms with Crippen molar-refractivity contribution >= 4 is 5.95 Å². The molecule has 2 rings (SSSR count). The highest BCUT2D eigenvalue weighted by atomic mass is 16.1. The quantitative estimate of drug-likeness (QED) is 0.847. The summed E-state index contributed by atoms with van der Waals surface area (Å²) in [5.74, 6) is 0.379. The molecule has 0 atom stereocenters. The molecule has 0 radical (unpaired) electrons. The van der Waals surface area contributed by atoms with Crippen LogP contribution in [0, 0.1) is 0 Å². The number of nitrogens with zero attached hydrogens (tertiary/aromatic N) is 4. The van der Waals surface area contributed by atoms with Crippen LogP contribution in [0.2, 0.25) is 0 Å². The highest BCUT2D eigenvalue weighted by Crippen LogP contribution is 1.98. The highest BCUT2D eigenvalue weighted by molar-refractivity contribution is 5.20. The van der Waals surface area contributed by atoms with Crippen LogP contribution in [0.15, 0.2) is 35.6 Å². The van der Waals surface area contributed by atoms with Gasteiger partial charge >= 0.3 is 5.69 Å². The van der Waals surface area contributed by atoms with Crippen LogP contribution < -0.4 is 11.0 Å². The van der Waals surface area contributed by atoms with Gasteiger partial charge in [0.2, 0.25) is 5.95 Å². The molecule has 2 aromatic heterocycles. The standard InChI is InChI=1S/C12H15N5O/c1-2-5-14-11-15-9-17(12(18)16-11)8-10-4-3-6-13-7-10/h3-4,6-7,9H,2,5,8H2,1H3,(H,14,16,18). The molecule has 18 heavy (non-hydrogen) atoms. The molecule has 0 bridgehead atoms. The fraction of sp³-hybridized carbons (Fsp3) is 0.333. The molecule has 0 aromatic carbocycles. The molecule has 0 fully saturated rings. The van der Waals surface area contributed by atoms with E-state index >= 15 is 0 Å². The van der Waals surface area contributed by atoms with E-state index in [9.17, 15) is 4.79 Å². The lowest BCUT2D eigenvalue weighted by Gasteiger charge is -2.06. The van der Waals surface area contributed by atoms with Crippen molar-refractivity contribution in [3.05, 3.63) is 46.9 Å². The maximum atomic E-state index is 11.8. The Kier molecular flexibility index (Phi) is 4.01. The van der Waals surface area contributed by atoms with Crippen molar-refractivity contribution in [1.82, 2.24) is 19.5 Å². The van der Waals surface area contributed by atoms with Crippen molar-refractivity contribution in [3.63, 3.8) is 0 Å². The van der Waals surface area contributed by atoms with E-state index < -0.39 is 0 Å². The largest absolute Gasteiger partial charge is 0.354 e. The van der Waals surface area contributed by atoms with Gasteiger partial charge in [-0.1, -0.05) is 13.0 Å². The monoisotopic (exact) mass is 245 g/mol. The van der Waals surface area contributed by atoms with Crippen LogP contribution in [0.5, 0.6) is 0 Å². The maximum Gasteiger partial charge on any atom is 0.352 e. The number of rotatable bonds is 5. The van der Waals surface area contributed by atoms with E-state index in [1.54, 1.807) is 12.4 Å². The Morgan fingerprint density at radius 3 is 3.00 bits per heavy atom. The number of nitrogens with one attached hydrogen (secondary N) is 1. The number of aromatic nitrogens is 4. The average molecular weight is 245 g/mol. The van der Waals surface area contributed by atoms with E-state index in [1.807, 2.05) is 19.1 Å². The molecule has 0 unspecified atom stereocenters. The molecule has 0 amide bonds. The van der Waals surface area contributed by atoms with Crippen molar-refractivity contribution in [2.75, 3.05) is 11.9 Å². The normalized spacial score (nSPS) is 10.3. The van der Waals surface area contributed by atoms with Gasteiger partial charge in [-0.25, -0.2) is 9.78 Å². The summed E-state index contributed by atoms with van der Waals surface area (Å²) in [6, 6.07) is 3.74. The lowest BCUT2D eigenvalue weighted by Crippen LogP contribution is -2.25. The molecule has 0 saturated heterocycles. The molecule has 6 heteroatoms. The van der Waals surface area contributed by atoms with E-state index in [0.717, 1.165) is 18.5 Å². The van der Waals surface area contributed by atoms with Gasteiger partial charge in [-0.05, 0) is 18.1 Å². The second kappa shape index (κ2) is 5.90. The smallest absolute Gasteiger partial charge is 0.352 e. The molecule has 0 spiro atoms. The van der Waals surface area contributed by atoms with Crippen LogP contribution in [0.4, 0.5) is 5.95 Å². The molecule has 1 N–H and O–H groups in total. The molecule has 94 valence electrons. The lowest BCUT2D eigenvalue weighted by molar-refractivity contribution is 0.698. The molecule has 0 saturated carbocycles. The number of hydrogen-bond acceptors (Lipinski definition) is 5. The molecule has 2 aromatic rings. The lowest BCUT2D eigenvalue weighted by atomic mass is 10.3. The minimum atomic E-state index is -0.313. The van der Waals surface area contributed by atoms with Gasteiger partial charge in [-0.15, -0.1) is 0 Å². The summed E-state index contributed by atoms with van der Waals surface area (Å²) < 4.78 is 1.45. The number of anilines is 1. The van der Waals surface area contributed by atoms with Gasteiger partial charge in [0.1, 0.15) is 6.33 Å². The van der Waals surface area contributed by atoms with Gasteiger partial charge in [-0.2, -0.15) is 4.98 Å². The minimum Gasteiger partial charge on any atom is -0.354 e. The summed E-state index contributed by atoms with van der Waals surface area (Å²) >= 11 is 0. The predicted molar refractivity (Wildman–Crippen MR) is 68.4 cm³/mol. The molecule has 0 aliphatic carbocycles. The topological polar surface area (TPSA) is 72.7 Å². The van der Waals surface area contributed by atoms with Gasteiger partial charge in [0.05, 0.1) is 6.54 Å². The first kappa shape index (κ1) is 12.2. The molecule has 2 heterocycles. The Labute approximate surface area is 105 Å². The van der Waals surface area contributed by atoms with Crippen molar-refractivity contribution in [2.24, 2.45) is 0 Å². The summed E-state index contributed by atoms with van der Waals surface area (Å²) in [6.07, 6.45) is 5.87. The zero-order valence-electron chi connectivity index (χ0n) is 10.2. The zero-order chi connectivity index (χ0) is 12.8. The van der Waals surface area contributed by atoms with Gasteiger partial charge in [0, 0.05) is 18.9 Å². The second-order valence-electron chi connectivity index (χ2n) is 3.88. The average Bonchev–Trinajstić information content (AvgIpc) is 2.40. The van der Waals surface area contributed by atoms with Gasteiger partial charge < -0.3 is 5.32 Å². The van der Waals surface area contributed by atoms with E-state index in [2.05, 4.69) is 20.3 Å². The maximum absolute atomic E-state index is 11.8. The van der Waals surface area contributed by atoms with Crippen LogP contribution in [0.25, 0.3) is 0 Å². The van der Waals surface area contributed by atoms with Crippen LogP contribution in [-0.4, -0.2) is 26.1 Å². The molecular weight excluding hydrogens is 230 g/mol.